The van der Waals surface area contributed by atoms with Gasteiger partial charge in [0.1, 0.15) is 0 Å². The van der Waals surface area contributed by atoms with Gasteiger partial charge in [-0.3, -0.25) is 0 Å². The topological polar surface area (TPSA) is 74.1 Å². The predicted molar refractivity (Wildman–Crippen MR) is 85.9 cm³/mol. The standard InChI is InChI=1S/C17H15N5O2/c1-2-4-11(5-3-1)14-9-13(18-17-19-20-21-22(14)17)12-6-7-15-16(8-12)24-10-23-15/h1-8,13-14H,9-10H2,(H,18,19,21)/t13-,14+/m0/s1. The highest BCUT2D eigenvalue weighted by Crippen LogP contribution is 2.40. The summed E-state index contributed by atoms with van der Waals surface area (Å²) >= 11 is 0. The molecule has 2 aromatic carbocycles. The fourth-order valence-corrected chi connectivity index (χ4v) is 3.34. The van der Waals surface area contributed by atoms with Crippen molar-refractivity contribution in [3.05, 3.63) is 59.7 Å². The van der Waals surface area contributed by atoms with Crippen LogP contribution >= 0.6 is 0 Å². The average molecular weight is 321 g/mol. The van der Waals surface area contributed by atoms with Crippen LogP contribution in [0.4, 0.5) is 5.95 Å². The van der Waals surface area contributed by atoms with Crippen LogP contribution < -0.4 is 14.8 Å². The lowest BCUT2D eigenvalue weighted by Gasteiger charge is -2.31. The zero-order chi connectivity index (χ0) is 15.9. The van der Waals surface area contributed by atoms with Gasteiger partial charge in [-0.15, -0.1) is 0 Å². The van der Waals surface area contributed by atoms with Gasteiger partial charge in [-0.1, -0.05) is 41.5 Å². The Morgan fingerprint density at radius 1 is 1.00 bits per heavy atom. The van der Waals surface area contributed by atoms with Crippen molar-refractivity contribution in [2.24, 2.45) is 0 Å². The van der Waals surface area contributed by atoms with Crippen LogP contribution in [0.15, 0.2) is 48.5 Å². The summed E-state index contributed by atoms with van der Waals surface area (Å²) < 4.78 is 12.7. The van der Waals surface area contributed by atoms with E-state index < -0.39 is 0 Å². The molecule has 0 aliphatic carbocycles. The SMILES string of the molecule is c1ccc([C@H]2C[C@@H](c3ccc4c(c3)OCO4)Nc3nnnn32)cc1. The summed E-state index contributed by atoms with van der Waals surface area (Å²) in [5.74, 6) is 2.26. The maximum atomic E-state index is 5.50. The third-order valence-corrected chi connectivity index (χ3v) is 4.53. The lowest BCUT2D eigenvalue weighted by molar-refractivity contribution is 0.174. The number of anilines is 1. The van der Waals surface area contributed by atoms with Crippen molar-refractivity contribution >= 4 is 5.95 Å². The van der Waals surface area contributed by atoms with Crippen molar-refractivity contribution in [1.29, 1.82) is 0 Å². The monoisotopic (exact) mass is 321 g/mol. The predicted octanol–water partition coefficient (Wildman–Crippen LogP) is 2.55. The summed E-state index contributed by atoms with van der Waals surface area (Å²) in [6.45, 7) is 0.280. The summed E-state index contributed by atoms with van der Waals surface area (Å²) in [5.41, 5.74) is 2.33. The van der Waals surface area contributed by atoms with Crippen molar-refractivity contribution in [2.45, 2.75) is 18.5 Å². The molecule has 2 atom stereocenters. The van der Waals surface area contributed by atoms with E-state index in [2.05, 4.69) is 39.0 Å². The van der Waals surface area contributed by atoms with Crippen LogP contribution in [-0.2, 0) is 0 Å². The minimum absolute atomic E-state index is 0.0906. The number of nitrogens with zero attached hydrogens (tertiary/aromatic N) is 4. The first-order chi connectivity index (χ1) is 11.9. The van der Waals surface area contributed by atoms with Gasteiger partial charge in [0.2, 0.25) is 12.7 Å². The van der Waals surface area contributed by atoms with E-state index in [0.717, 1.165) is 23.5 Å². The molecule has 0 unspecified atom stereocenters. The van der Waals surface area contributed by atoms with Crippen molar-refractivity contribution in [2.75, 3.05) is 12.1 Å². The van der Waals surface area contributed by atoms with E-state index in [1.165, 1.54) is 5.56 Å². The number of aromatic nitrogens is 4. The van der Waals surface area contributed by atoms with Gasteiger partial charge < -0.3 is 14.8 Å². The van der Waals surface area contributed by atoms with E-state index in [0.29, 0.717) is 5.95 Å². The average Bonchev–Trinajstić information content (AvgIpc) is 3.29. The van der Waals surface area contributed by atoms with E-state index in [4.69, 9.17) is 9.47 Å². The highest BCUT2D eigenvalue weighted by molar-refractivity contribution is 5.47. The Morgan fingerprint density at radius 3 is 2.79 bits per heavy atom. The van der Waals surface area contributed by atoms with Crippen molar-refractivity contribution < 1.29 is 9.47 Å². The molecule has 0 radical (unpaired) electrons. The normalized spacial score (nSPS) is 21.2. The Labute approximate surface area is 138 Å². The molecule has 0 saturated heterocycles. The molecule has 0 saturated carbocycles. The van der Waals surface area contributed by atoms with Crippen LogP contribution in [0.3, 0.4) is 0 Å². The van der Waals surface area contributed by atoms with Gasteiger partial charge in [0, 0.05) is 0 Å². The zero-order valence-electron chi connectivity index (χ0n) is 12.8. The fourth-order valence-electron chi connectivity index (χ4n) is 3.34. The third kappa shape index (κ3) is 2.09. The Balaban J connectivity index is 1.53. The third-order valence-electron chi connectivity index (χ3n) is 4.53. The lowest BCUT2D eigenvalue weighted by atomic mass is 9.93. The highest BCUT2D eigenvalue weighted by atomic mass is 16.7. The molecule has 0 spiro atoms. The molecule has 0 fully saturated rings. The molecule has 7 heteroatoms. The Bertz CT molecular complexity index is 880. The van der Waals surface area contributed by atoms with E-state index in [1.54, 1.807) is 0 Å². The second kappa shape index (κ2) is 5.23. The molecule has 2 aliphatic rings. The quantitative estimate of drug-likeness (QED) is 0.782. The number of fused-ring (bicyclic) bond motifs is 2. The number of tetrazole rings is 1. The van der Waals surface area contributed by atoms with Crippen LogP contribution in [0.25, 0.3) is 0 Å². The largest absolute Gasteiger partial charge is 0.454 e. The Morgan fingerprint density at radius 2 is 1.88 bits per heavy atom. The number of nitrogens with one attached hydrogen (secondary N) is 1. The minimum Gasteiger partial charge on any atom is -0.454 e. The van der Waals surface area contributed by atoms with Gasteiger partial charge in [0.25, 0.3) is 0 Å². The highest BCUT2D eigenvalue weighted by Gasteiger charge is 2.31. The molecule has 0 bridgehead atoms. The Hall–Kier alpha value is -3.09. The maximum absolute atomic E-state index is 5.50. The number of benzene rings is 2. The molecule has 5 rings (SSSR count). The molecule has 3 aromatic rings. The van der Waals surface area contributed by atoms with Crippen LogP contribution in [0.1, 0.15) is 29.6 Å². The van der Waals surface area contributed by atoms with Crippen molar-refractivity contribution in [3.63, 3.8) is 0 Å². The van der Waals surface area contributed by atoms with Crippen molar-refractivity contribution in [1.82, 2.24) is 20.2 Å². The molecule has 2 aliphatic heterocycles. The first-order valence-electron chi connectivity index (χ1n) is 7.87. The van der Waals surface area contributed by atoms with Gasteiger partial charge in [0.15, 0.2) is 11.5 Å². The second-order valence-electron chi connectivity index (χ2n) is 5.92. The van der Waals surface area contributed by atoms with Crippen LogP contribution in [0, 0.1) is 0 Å². The maximum Gasteiger partial charge on any atom is 0.243 e. The smallest absolute Gasteiger partial charge is 0.243 e. The molecule has 1 aromatic heterocycles. The molecule has 120 valence electrons. The number of hydrogen-bond acceptors (Lipinski definition) is 6. The van der Waals surface area contributed by atoms with Gasteiger partial charge in [-0.05, 0) is 40.1 Å². The zero-order valence-corrected chi connectivity index (χ0v) is 12.8. The lowest BCUT2D eigenvalue weighted by Crippen LogP contribution is -2.28. The van der Waals surface area contributed by atoms with Crippen LogP contribution in [0.5, 0.6) is 11.5 Å². The summed E-state index contributed by atoms with van der Waals surface area (Å²) in [7, 11) is 0. The fraction of sp³-hybridized carbons (Fsp3) is 0.235. The molecule has 0 amide bonds. The number of ether oxygens (including phenoxy) is 2. The summed E-state index contributed by atoms with van der Waals surface area (Å²) in [5, 5.41) is 15.5. The van der Waals surface area contributed by atoms with Crippen LogP contribution in [-0.4, -0.2) is 27.0 Å². The molecular weight excluding hydrogens is 306 g/mol. The van der Waals surface area contributed by atoms with Gasteiger partial charge in [-0.2, -0.15) is 0 Å². The van der Waals surface area contributed by atoms with E-state index in [9.17, 15) is 0 Å². The van der Waals surface area contributed by atoms with E-state index >= 15 is 0 Å². The number of hydrogen-bond donors (Lipinski definition) is 1. The van der Waals surface area contributed by atoms with E-state index in [-0.39, 0.29) is 18.9 Å². The molecule has 3 heterocycles. The summed E-state index contributed by atoms with van der Waals surface area (Å²) in [6, 6.07) is 16.5. The summed E-state index contributed by atoms with van der Waals surface area (Å²) in [4.78, 5) is 0. The minimum atomic E-state index is 0.0906. The molecule has 7 nitrogen and oxygen atoms in total. The first-order valence-corrected chi connectivity index (χ1v) is 7.87. The van der Waals surface area contributed by atoms with E-state index in [1.807, 2.05) is 35.0 Å². The van der Waals surface area contributed by atoms with Crippen molar-refractivity contribution in [3.8, 4) is 11.5 Å². The molecule has 1 N–H and O–H groups in total. The summed E-state index contributed by atoms with van der Waals surface area (Å²) in [6.07, 6.45) is 0.849. The van der Waals surface area contributed by atoms with Crippen LogP contribution in [0.2, 0.25) is 0 Å². The van der Waals surface area contributed by atoms with Gasteiger partial charge >= 0.3 is 0 Å². The first kappa shape index (κ1) is 13.4. The van der Waals surface area contributed by atoms with Gasteiger partial charge in [0.05, 0.1) is 12.1 Å². The number of rotatable bonds is 2. The molecule has 24 heavy (non-hydrogen) atoms. The second-order valence-corrected chi connectivity index (χ2v) is 5.92. The molecular formula is C17H15N5O2. The Kier molecular flexibility index (Phi) is 2.91. The van der Waals surface area contributed by atoms with Gasteiger partial charge in [-0.25, -0.2) is 4.68 Å².